The van der Waals surface area contributed by atoms with Crippen LogP contribution in [-0.4, -0.2) is 56.7 Å². The lowest BCUT2D eigenvalue weighted by Gasteiger charge is -2.29. The molecule has 1 saturated heterocycles. The van der Waals surface area contributed by atoms with Crippen LogP contribution in [0.3, 0.4) is 0 Å². The number of carbonyl (C=O) groups is 1. The monoisotopic (exact) mass is 215 g/mol. The number of likely N-dealkylation sites (tertiary alicyclic amines) is 1. The van der Waals surface area contributed by atoms with Gasteiger partial charge in [-0.3, -0.25) is 9.69 Å². The number of piperidine rings is 1. The third kappa shape index (κ3) is 5.11. The van der Waals surface area contributed by atoms with Gasteiger partial charge in [-0.05, 0) is 19.4 Å². The van der Waals surface area contributed by atoms with Gasteiger partial charge in [-0.1, -0.05) is 0 Å². The standard InChI is InChI=1S/C10H21N3O2/c1-15-6-4-12-10(14)8-13-5-2-3-9(11)7-13/h9H,2-8,11H2,1H3,(H,12,14)/t9-/m0/s1. The first-order valence-corrected chi connectivity index (χ1v) is 5.46. The summed E-state index contributed by atoms with van der Waals surface area (Å²) in [5, 5.41) is 2.80. The third-order valence-corrected chi connectivity index (χ3v) is 2.54. The number of hydrogen-bond acceptors (Lipinski definition) is 4. The van der Waals surface area contributed by atoms with Crippen molar-refractivity contribution < 1.29 is 9.53 Å². The van der Waals surface area contributed by atoms with Crippen molar-refractivity contribution in [2.24, 2.45) is 5.73 Å². The Bertz CT molecular complexity index is 199. The molecule has 0 aliphatic carbocycles. The number of carbonyl (C=O) groups excluding carboxylic acids is 1. The summed E-state index contributed by atoms with van der Waals surface area (Å²) in [7, 11) is 1.62. The SMILES string of the molecule is COCCNC(=O)CN1CCC[C@H](N)C1. The predicted molar refractivity (Wildman–Crippen MR) is 58.5 cm³/mol. The number of methoxy groups -OCH3 is 1. The van der Waals surface area contributed by atoms with Gasteiger partial charge >= 0.3 is 0 Å². The topological polar surface area (TPSA) is 67.6 Å². The van der Waals surface area contributed by atoms with E-state index in [1.807, 2.05) is 0 Å². The van der Waals surface area contributed by atoms with Crippen molar-refractivity contribution in [3.8, 4) is 0 Å². The third-order valence-electron chi connectivity index (χ3n) is 2.54. The molecule has 3 N–H and O–H groups in total. The maximum absolute atomic E-state index is 11.4. The van der Waals surface area contributed by atoms with E-state index in [2.05, 4.69) is 10.2 Å². The van der Waals surface area contributed by atoms with Crippen molar-refractivity contribution in [1.82, 2.24) is 10.2 Å². The molecule has 88 valence electrons. The van der Waals surface area contributed by atoms with E-state index in [4.69, 9.17) is 10.5 Å². The molecule has 0 saturated carbocycles. The van der Waals surface area contributed by atoms with Crippen molar-refractivity contribution in [2.75, 3.05) is 39.9 Å². The fourth-order valence-electron chi connectivity index (χ4n) is 1.79. The summed E-state index contributed by atoms with van der Waals surface area (Å²) < 4.78 is 4.85. The lowest BCUT2D eigenvalue weighted by Crippen LogP contribution is -2.47. The van der Waals surface area contributed by atoms with E-state index < -0.39 is 0 Å². The molecule has 0 aromatic carbocycles. The quantitative estimate of drug-likeness (QED) is 0.588. The van der Waals surface area contributed by atoms with Crippen molar-refractivity contribution in [3.05, 3.63) is 0 Å². The summed E-state index contributed by atoms with van der Waals surface area (Å²) in [6.45, 7) is 3.40. The molecule has 0 spiro atoms. The first-order chi connectivity index (χ1) is 7.22. The molecule has 1 amide bonds. The number of amides is 1. The van der Waals surface area contributed by atoms with Gasteiger partial charge < -0.3 is 15.8 Å². The first-order valence-electron chi connectivity index (χ1n) is 5.46. The van der Waals surface area contributed by atoms with Gasteiger partial charge in [-0.15, -0.1) is 0 Å². The number of nitrogens with two attached hydrogens (primary N) is 1. The van der Waals surface area contributed by atoms with Gasteiger partial charge in [0.15, 0.2) is 0 Å². The molecule has 1 fully saturated rings. The van der Waals surface area contributed by atoms with Crippen molar-refractivity contribution in [3.63, 3.8) is 0 Å². The van der Waals surface area contributed by atoms with E-state index in [-0.39, 0.29) is 11.9 Å². The summed E-state index contributed by atoms with van der Waals surface area (Å²) in [6, 6.07) is 0.227. The van der Waals surface area contributed by atoms with E-state index >= 15 is 0 Å². The average molecular weight is 215 g/mol. The van der Waals surface area contributed by atoms with E-state index in [0.29, 0.717) is 19.7 Å². The van der Waals surface area contributed by atoms with Gasteiger partial charge in [0.25, 0.3) is 0 Å². The highest BCUT2D eigenvalue weighted by Gasteiger charge is 2.18. The Hall–Kier alpha value is -0.650. The largest absolute Gasteiger partial charge is 0.383 e. The maximum atomic E-state index is 11.4. The number of hydrogen-bond donors (Lipinski definition) is 2. The van der Waals surface area contributed by atoms with Gasteiger partial charge in [0, 0.05) is 26.2 Å². The van der Waals surface area contributed by atoms with Crippen LogP contribution in [0.1, 0.15) is 12.8 Å². The molecule has 1 atom stereocenters. The van der Waals surface area contributed by atoms with Gasteiger partial charge in [-0.2, -0.15) is 0 Å². The first kappa shape index (κ1) is 12.4. The van der Waals surface area contributed by atoms with Crippen molar-refractivity contribution in [1.29, 1.82) is 0 Å². The molecule has 0 aromatic heterocycles. The minimum absolute atomic E-state index is 0.0566. The van der Waals surface area contributed by atoms with Crippen LogP contribution in [0.4, 0.5) is 0 Å². The van der Waals surface area contributed by atoms with Crippen LogP contribution in [0.5, 0.6) is 0 Å². The second-order valence-corrected chi connectivity index (χ2v) is 3.98. The molecule has 0 aromatic rings. The van der Waals surface area contributed by atoms with Gasteiger partial charge in [-0.25, -0.2) is 0 Å². The molecule has 1 aliphatic heterocycles. The molecular weight excluding hydrogens is 194 g/mol. The number of ether oxygens (including phenoxy) is 1. The van der Waals surface area contributed by atoms with Crippen molar-refractivity contribution >= 4 is 5.91 Å². The normalized spacial score (nSPS) is 22.7. The molecular formula is C10H21N3O2. The zero-order valence-corrected chi connectivity index (χ0v) is 9.37. The fraction of sp³-hybridized carbons (Fsp3) is 0.900. The van der Waals surface area contributed by atoms with Crippen LogP contribution in [0.2, 0.25) is 0 Å². The number of rotatable bonds is 5. The van der Waals surface area contributed by atoms with Crippen LogP contribution < -0.4 is 11.1 Å². The zero-order chi connectivity index (χ0) is 11.1. The number of nitrogens with one attached hydrogen (secondary N) is 1. The van der Waals surface area contributed by atoms with E-state index in [1.165, 1.54) is 0 Å². The van der Waals surface area contributed by atoms with Gasteiger partial charge in [0.05, 0.1) is 13.2 Å². The maximum Gasteiger partial charge on any atom is 0.234 e. The highest BCUT2D eigenvalue weighted by molar-refractivity contribution is 5.77. The summed E-state index contributed by atoms with van der Waals surface area (Å²) in [6.07, 6.45) is 2.16. The van der Waals surface area contributed by atoms with Crippen LogP contribution in [-0.2, 0) is 9.53 Å². The lowest BCUT2D eigenvalue weighted by molar-refractivity contribution is -0.122. The highest BCUT2D eigenvalue weighted by Crippen LogP contribution is 2.06. The predicted octanol–water partition coefficient (Wildman–Crippen LogP) is -0.828. The van der Waals surface area contributed by atoms with Crippen LogP contribution in [0.25, 0.3) is 0 Å². The minimum Gasteiger partial charge on any atom is -0.383 e. The Labute approximate surface area is 90.9 Å². The van der Waals surface area contributed by atoms with E-state index in [0.717, 1.165) is 25.9 Å². The van der Waals surface area contributed by atoms with E-state index in [1.54, 1.807) is 7.11 Å². The lowest BCUT2D eigenvalue weighted by atomic mass is 10.1. The second-order valence-electron chi connectivity index (χ2n) is 3.98. The Balaban J connectivity index is 2.13. The molecule has 5 nitrogen and oxygen atoms in total. The zero-order valence-electron chi connectivity index (χ0n) is 9.37. The van der Waals surface area contributed by atoms with Crippen molar-refractivity contribution in [2.45, 2.75) is 18.9 Å². The van der Waals surface area contributed by atoms with E-state index in [9.17, 15) is 4.79 Å². The Morgan fingerprint density at radius 3 is 3.13 bits per heavy atom. The molecule has 0 radical (unpaired) electrons. The summed E-state index contributed by atoms with van der Waals surface area (Å²) >= 11 is 0. The summed E-state index contributed by atoms with van der Waals surface area (Å²) in [5.74, 6) is 0.0566. The minimum atomic E-state index is 0.0566. The average Bonchev–Trinajstić information content (AvgIpc) is 2.18. The van der Waals surface area contributed by atoms with Gasteiger partial charge in [0.1, 0.15) is 0 Å². The Morgan fingerprint density at radius 1 is 1.67 bits per heavy atom. The van der Waals surface area contributed by atoms with Gasteiger partial charge in [0.2, 0.25) is 5.91 Å². The van der Waals surface area contributed by atoms with Crippen LogP contribution in [0.15, 0.2) is 0 Å². The Kier molecular flexibility index (Phi) is 5.60. The number of nitrogens with zero attached hydrogens (tertiary/aromatic N) is 1. The second kappa shape index (κ2) is 6.76. The molecule has 15 heavy (non-hydrogen) atoms. The fourth-order valence-corrected chi connectivity index (χ4v) is 1.79. The smallest absolute Gasteiger partial charge is 0.234 e. The molecule has 1 heterocycles. The van der Waals surface area contributed by atoms with Crippen LogP contribution in [0, 0.1) is 0 Å². The molecule has 0 unspecified atom stereocenters. The molecule has 1 aliphatic rings. The molecule has 5 heteroatoms. The molecule has 0 bridgehead atoms. The highest BCUT2D eigenvalue weighted by atomic mass is 16.5. The summed E-state index contributed by atoms with van der Waals surface area (Å²) in [4.78, 5) is 13.6. The van der Waals surface area contributed by atoms with Crippen LogP contribution >= 0.6 is 0 Å². The molecule has 1 rings (SSSR count). The summed E-state index contributed by atoms with van der Waals surface area (Å²) in [5.41, 5.74) is 5.83. The Morgan fingerprint density at radius 2 is 2.47 bits per heavy atom.